The minimum atomic E-state index is 0.397. The second-order valence-electron chi connectivity index (χ2n) is 4.68. The maximum atomic E-state index is 5.10. The SMILES string of the molecule is CCNc1cc(NCCc2ccn(C)n2)nc(COC)n1. The van der Waals surface area contributed by atoms with E-state index in [1.165, 1.54) is 0 Å². The number of ether oxygens (including phenoxy) is 1. The molecule has 0 aliphatic rings. The first-order valence-corrected chi connectivity index (χ1v) is 7.04. The van der Waals surface area contributed by atoms with Gasteiger partial charge in [0, 0.05) is 45.9 Å². The molecule has 0 saturated heterocycles. The van der Waals surface area contributed by atoms with Crippen LogP contribution >= 0.6 is 0 Å². The van der Waals surface area contributed by atoms with Crippen LogP contribution in [0.4, 0.5) is 11.6 Å². The highest BCUT2D eigenvalue weighted by Gasteiger charge is 2.04. The highest BCUT2D eigenvalue weighted by Crippen LogP contribution is 2.12. The first-order chi connectivity index (χ1) is 10.2. The van der Waals surface area contributed by atoms with Crippen molar-refractivity contribution in [2.24, 2.45) is 7.05 Å². The summed E-state index contributed by atoms with van der Waals surface area (Å²) in [4.78, 5) is 8.81. The summed E-state index contributed by atoms with van der Waals surface area (Å²) in [6.45, 7) is 4.02. The predicted octanol–water partition coefficient (Wildman–Crippen LogP) is 1.44. The monoisotopic (exact) mass is 290 g/mol. The number of aromatic nitrogens is 4. The molecule has 7 heteroatoms. The van der Waals surface area contributed by atoms with E-state index in [1.54, 1.807) is 11.8 Å². The molecule has 0 saturated carbocycles. The zero-order chi connectivity index (χ0) is 15.1. The first-order valence-electron chi connectivity index (χ1n) is 7.04. The molecule has 21 heavy (non-hydrogen) atoms. The Kier molecular flexibility index (Phi) is 5.51. The molecule has 0 bridgehead atoms. The van der Waals surface area contributed by atoms with Crippen molar-refractivity contribution in [2.45, 2.75) is 20.0 Å². The molecule has 0 unspecified atom stereocenters. The number of hydrogen-bond acceptors (Lipinski definition) is 6. The summed E-state index contributed by atoms with van der Waals surface area (Å²) < 4.78 is 6.90. The molecule has 0 fully saturated rings. The summed E-state index contributed by atoms with van der Waals surface area (Å²) in [6, 6.07) is 3.92. The Balaban J connectivity index is 1.97. The fourth-order valence-electron chi connectivity index (χ4n) is 1.97. The third kappa shape index (κ3) is 4.71. The fraction of sp³-hybridized carbons (Fsp3) is 0.500. The zero-order valence-corrected chi connectivity index (χ0v) is 12.8. The Morgan fingerprint density at radius 3 is 2.62 bits per heavy atom. The smallest absolute Gasteiger partial charge is 0.158 e. The second kappa shape index (κ2) is 7.58. The Morgan fingerprint density at radius 1 is 1.24 bits per heavy atom. The maximum Gasteiger partial charge on any atom is 0.158 e. The van der Waals surface area contributed by atoms with Gasteiger partial charge in [0.1, 0.15) is 18.2 Å². The third-order valence-corrected chi connectivity index (χ3v) is 2.86. The first kappa shape index (κ1) is 15.2. The molecular weight excluding hydrogens is 268 g/mol. The van der Waals surface area contributed by atoms with Crippen LogP contribution in [-0.2, 0) is 24.8 Å². The van der Waals surface area contributed by atoms with E-state index in [0.29, 0.717) is 12.4 Å². The average molecular weight is 290 g/mol. The summed E-state index contributed by atoms with van der Waals surface area (Å²) in [7, 11) is 3.55. The number of nitrogens with one attached hydrogen (secondary N) is 2. The number of methoxy groups -OCH3 is 1. The van der Waals surface area contributed by atoms with Crippen LogP contribution in [0, 0.1) is 0 Å². The van der Waals surface area contributed by atoms with Crippen molar-refractivity contribution in [1.82, 2.24) is 19.7 Å². The highest BCUT2D eigenvalue weighted by molar-refractivity contribution is 5.47. The van der Waals surface area contributed by atoms with Crippen LogP contribution in [0.15, 0.2) is 18.3 Å². The van der Waals surface area contributed by atoms with Gasteiger partial charge in [0.05, 0.1) is 5.69 Å². The van der Waals surface area contributed by atoms with Gasteiger partial charge in [-0.2, -0.15) is 5.10 Å². The van der Waals surface area contributed by atoms with Gasteiger partial charge < -0.3 is 15.4 Å². The van der Waals surface area contributed by atoms with Gasteiger partial charge in [-0.05, 0) is 13.0 Å². The summed E-state index contributed by atoms with van der Waals surface area (Å²) in [5, 5.41) is 10.8. The van der Waals surface area contributed by atoms with Crippen molar-refractivity contribution < 1.29 is 4.74 Å². The van der Waals surface area contributed by atoms with Crippen LogP contribution in [0.2, 0.25) is 0 Å². The molecule has 2 rings (SSSR count). The van der Waals surface area contributed by atoms with Gasteiger partial charge in [0.15, 0.2) is 5.82 Å². The molecule has 2 heterocycles. The zero-order valence-electron chi connectivity index (χ0n) is 12.8. The lowest BCUT2D eigenvalue weighted by Gasteiger charge is -2.10. The predicted molar refractivity (Wildman–Crippen MR) is 82.3 cm³/mol. The second-order valence-corrected chi connectivity index (χ2v) is 4.68. The largest absolute Gasteiger partial charge is 0.377 e. The number of nitrogens with zero attached hydrogens (tertiary/aromatic N) is 4. The van der Waals surface area contributed by atoms with Gasteiger partial charge in [-0.15, -0.1) is 0 Å². The van der Waals surface area contributed by atoms with Gasteiger partial charge in [-0.3, -0.25) is 4.68 Å². The molecule has 2 N–H and O–H groups in total. The molecule has 0 aliphatic heterocycles. The van der Waals surface area contributed by atoms with Crippen molar-refractivity contribution >= 4 is 11.6 Å². The van der Waals surface area contributed by atoms with Gasteiger partial charge in [0.25, 0.3) is 0 Å². The lowest BCUT2D eigenvalue weighted by molar-refractivity contribution is 0.178. The quantitative estimate of drug-likeness (QED) is 0.766. The van der Waals surface area contributed by atoms with Crippen LogP contribution in [0.25, 0.3) is 0 Å². The average Bonchev–Trinajstić information content (AvgIpc) is 2.85. The van der Waals surface area contributed by atoms with E-state index in [9.17, 15) is 0 Å². The lowest BCUT2D eigenvalue weighted by atomic mass is 10.3. The van der Waals surface area contributed by atoms with Gasteiger partial charge >= 0.3 is 0 Å². The third-order valence-electron chi connectivity index (χ3n) is 2.86. The van der Waals surface area contributed by atoms with Crippen molar-refractivity contribution in [3.05, 3.63) is 29.8 Å². The van der Waals surface area contributed by atoms with Crippen LogP contribution in [0.5, 0.6) is 0 Å². The standard InChI is InChI=1S/C14H22N6O/c1-4-15-12-9-13(18-14(17-12)10-21-3)16-7-5-11-6-8-20(2)19-11/h6,8-9H,4-5,7,10H2,1-3H3,(H2,15,16,17,18). The summed E-state index contributed by atoms with van der Waals surface area (Å²) in [5.41, 5.74) is 1.06. The number of aryl methyl sites for hydroxylation is 1. The lowest BCUT2D eigenvalue weighted by Crippen LogP contribution is -2.11. The molecule has 2 aromatic heterocycles. The van der Waals surface area contributed by atoms with Crippen LogP contribution < -0.4 is 10.6 Å². The minimum absolute atomic E-state index is 0.397. The molecule has 0 spiro atoms. The highest BCUT2D eigenvalue weighted by atomic mass is 16.5. The summed E-state index contributed by atoms with van der Waals surface area (Å²) >= 11 is 0. The molecule has 0 aliphatic carbocycles. The van der Waals surface area contributed by atoms with E-state index >= 15 is 0 Å². The van der Waals surface area contributed by atoms with Crippen molar-refractivity contribution in [3.63, 3.8) is 0 Å². The van der Waals surface area contributed by atoms with E-state index in [1.807, 2.05) is 32.3 Å². The number of anilines is 2. The van der Waals surface area contributed by atoms with E-state index in [-0.39, 0.29) is 0 Å². The molecule has 0 aromatic carbocycles. The number of rotatable bonds is 8. The summed E-state index contributed by atoms with van der Waals surface area (Å²) in [5.74, 6) is 2.26. The van der Waals surface area contributed by atoms with Crippen LogP contribution in [0.3, 0.4) is 0 Å². The molecule has 0 atom stereocenters. The Bertz CT molecular complexity index is 544. The van der Waals surface area contributed by atoms with Crippen LogP contribution in [0.1, 0.15) is 18.4 Å². The van der Waals surface area contributed by atoms with Gasteiger partial charge in [0.2, 0.25) is 0 Å². The molecule has 2 aromatic rings. The normalized spacial score (nSPS) is 10.6. The van der Waals surface area contributed by atoms with Crippen molar-refractivity contribution in [2.75, 3.05) is 30.8 Å². The molecule has 0 amide bonds. The molecule has 114 valence electrons. The molecule has 0 radical (unpaired) electrons. The van der Waals surface area contributed by atoms with E-state index < -0.39 is 0 Å². The van der Waals surface area contributed by atoms with Crippen molar-refractivity contribution in [1.29, 1.82) is 0 Å². The summed E-state index contributed by atoms with van der Waals surface area (Å²) in [6.07, 6.45) is 2.79. The topological polar surface area (TPSA) is 76.9 Å². The minimum Gasteiger partial charge on any atom is -0.377 e. The molecular formula is C14H22N6O. The Labute approximate surface area is 124 Å². The Hall–Kier alpha value is -2.15. The van der Waals surface area contributed by atoms with E-state index in [2.05, 4.69) is 25.7 Å². The van der Waals surface area contributed by atoms with Crippen molar-refractivity contribution in [3.8, 4) is 0 Å². The van der Waals surface area contributed by atoms with Crippen LogP contribution in [-0.4, -0.2) is 39.9 Å². The molecule has 7 nitrogen and oxygen atoms in total. The maximum absolute atomic E-state index is 5.10. The fourth-order valence-corrected chi connectivity index (χ4v) is 1.97. The van der Waals surface area contributed by atoms with E-state index in [0.717, 1.165) is 36.8 Å². The van der Waals surface area contributed by atoms with E-state index in [4.69, 9.17) is 4.74 Å². The van der Waals surface area contributed by atoms with Gasteiger partial charge in [-0.1, -0.05) is 0 Å². The number of hydrogen-bond donors (Lipinski definition) is 2. The van der Waals surface area contributed by atoms with Gasteiger partial charge in [-0.25, -0.2) is 9.97 Å². The Morgan fingerprint density at radius 2 is 2.00 bits per heavy atom.